The zero-order valence-electron chi connectivity index (χ0n) is 15.2. The lowest BCUT2D eigenvalue weighted by atomic mass is 10.1. The molecule has 0 saturated carbocycles. The highest BCUT2D eigenvalue weighted by Crippen LogP contribution is 2.36. The van der Waals surface area contributed by atoms with Gasteiger partial charge in [-0.1, -0.05) is 42.0 Å². The lowest BCUT2D eigenvalue weighted by Gasteiger charge is -2.16. The molecule has 0 N–H and O–H groups in total. The number of hydrogen-bond donors (Lipinski definition) is 0. The lowest BCUT2D eigenvalue weighted by Crippen LogP contribution is -2.25. The Balaban J connectivity index is 2.01. The summed E-state index contributed by atoms with van der Waals surface area (Å²) in [5, 5.41) is 0. The summed E-state index contributed by atoms with van der Waals surface area (Å²) in [6.07, 6.45) is 4.00. The van der Waals surface area contributed by atoms with Gasteiger partial charge in [0.05, 0.1) is 11.4 Å². The van der Waals surface area contributed by atoms with Gasteiger partial charge < -0.3 is 0 Å². The van der Waals surface area contributed by atoms with E-state index >= 15 is 0 Å². The van der Waals surface area contributed by atoms with Crippen molar-refractivity contribution in [3.63, 3.8) is 0 Å². The summed E-state index contributed by atoms with van der Waals surface area (Å²) in [4.78, 5) is 27.7. The van der Waals surface area contributed by atoms with Crippen LogP contribution in [0.15, 0.2) is 70.8 Å². The van der Waals surface area contributed by atoms with E-state index in [9.17, 15) is 9.59 Å². The minimum atomic E-state index is -0.163. The lowest BCUT2D eigenvalue weighted by molar-refractivity contribution is -0.116. The third-order valence-electron chi connectivity index (χ3n) is 4.12. The first-order valence-electron chi connectivity index (χ1n) is 8.50. The predicted octanol–water partition coefficient (Wildman–Crippen LogP) is 5.34. The zero-order valence-corrected chi connectivity index (χ0v) is 16.0. The Morgan fingerprint density at radius 2 is 1.73 bits per heavy atom. The molecule has 0 aliphatic carbocycles. The number of carbonyl (C=O) groups is 2. The van der Waals surface area contributed by atoms with Crippen LogP contribution in [0.3, 0.4) is 0 Å². The molecule has 0 saturated heterocycles. The number of nitrogens with zero attached hydrogens (tertiary/aromatic N) is 1. The molecule has 1 aliphatic rings. The molecule has 0 spiro atoms. The van der Waals surface area contributed by atoms with Gasteiger partial charge >= 0.3 is 0 Å². The quantitative estimate of drug-likeness (QED) is 0.418. The Bertz CT molecular complexity index is 923. The van der Waals surface area contributed by atoms with Gasteiger partial charge in [-0.05, 0) is 43.7 Å². The summed E-state index contributed by atoms with van der Waals surface area (Å²) in [5.41, 5.74) is 3.86. The molecule has 1 heterocycles. The van der Waals surface area contributed by atoms with Gasteiger partial charge in [-0.3, -0.25) is 14.5 Å². The van der Waals surface area contributed by atoms with Crippen molar-refractivity contribution in [2.24, 2.45) is 0 Å². The fourth-order valence-electron chi connectivity index (χ4n) is 2.88. The van der Waals surface area contributed by atoms with Crippen molar-refractivity contribution in [3.8, 4) is 0 Å². The maximum Gasteiger partial charge on any atom is 0.228 e. The van der Waals surface area contributed by atoms with E-state index in [1.165, 1.54) is 17.4 Å². The highest BCUT2D eigenvalue weighted by Gasteiger charge is 2.34. The largest absolute Gasteiger partial charge is 0.287 e. The van der Waals surface area contributed by atoms with Crippen LogP contribution in [0.5, 0.6) is 0 Å². The van der Waals surface area contributed by atoms with E-state index in [0.29, 0.717) is 16.9 Å². The highest BCUT2D eigenvalue weighted by atomic mass is 32.2. The van der Waals surface area contributed by atoms with E-state index < -0.39 is 0 Å². The number of thioether (sulfide) groups is 1. The Morgan fingerprint density at radius 3 is 2.46 bits per heavy atom. The molecule has 0 fully saturated rings. The second-order valence-corrected chi connectivity index (χ2v) is 7.42. The molecule has 0 bridgehead atoms. The van der Waals surface area contributed by atoms with E-state index in [4.69, 9.17) is 0 Å². The summed E-state index contributed by atoms with van der Waals surface area (Å²) in [5.74, 6) is 0.594. The van der Waals surface area contributed by atoms with Crippen LogP contribution in [-0.2, 0) is 4.79 Å². The van der Waals surface area contributed by atoms with Gasteiger partial charge in [-0.25, -0.2) is 0 Å². The summed E-state index contributed by atoms with van der Waals surface area (Å²) in [7, 11) is 0. The van der Waals surface area contributed by atoms with Crippen LogP contribution in [0.1, 0.15) is 36.7 Å². The smallest absolute Gasteiger partial charge is 0.228 e. The molecular formula is C22H21NO2S. The standard InChI is InChI=1S/C22H21NO2S/c1-15(2)12-13-26-21-11-7-4-8-17(21)14-20-22(25)18-9-5-6-10-19(18)23(20)16(3)24/h4-12,14H,13H2,1-3H3/b20-14-. The van der Waals surface area contributed by atoms with E-state index in [1.807, 2.05) is 48.5 Å². The number of allylic oxidation sites excluding steroid dienone is 2. The van der Waals surface area contributed by atoms with Gasteiger partial charge in [-0.2, -0.15) is 0 Å². The van der Waals surface area contributed by atoms with E-state index in [0.717, 1.165) is 16.2 Å². The van der Waals surface area contributed by atoms with E-state index in [1.54, 1.807) is 17.8 Å². The molecule has 2 aromatic carbocycles. The van der Waals surface area contributed by atoms with Crippen molar-refractivity contribution in [1.29, 1.82) is 0 Å². The Kier molecular flexibility index (Phi) is 5.43. The van der Waals surface area contributed by atoms with Crippen LogP contribution < -0.4 is 4.90 Å². The normalized spacial score (nSPS) is 14.5. The Hall–Kier alpha value is -2.59. The number of ketones is 1. The van der Waals surface area contributed by atoms with E-state index in [-0.39, 0.29) is 11.7 Å². The van der Waals surface area contributed by atoms with Crippen molar-refractivity contribution in [3.05, 3.63) is 77.0 Å². The number of Topliss-reactive ketones (excluding diaryl/α,β-unsaturated/α-hetero) is 1. The molecule has 1 aliphatic heterocycles. The Morgan fingerprint density at radius 1 is 1.04 bits per heavy atom. The molecule has 1 amide bonds. The van der Waals surface area contributed by atoms with Gasteiger partial charge in [0.1, 0.15) is 0 Å². The third kappa shape index (κ3) is 3.65. The highest BCUT2D eigenvalue weighted by molar-refractivity contribution is 7.99. The predicted molar refractivity (Wildman–Crippen MR) is 109 cm³/mol. The first-order valence-corrected chi connectivity index (χ1v) is 9.49. The minimum Gasteiger partial charge on any atom is -0.287 e. The fourth-order valence-corrected chi connectivity index (χ4v) is 3.94. The summed E-state index contributed by atoms with van der Waals surface area (Å²) < 4.78 is 0. The second-order valence-electron chi connectivity index (χ2n) is 6.36. The van der Waals surface area contributed by atoms with Gasteiger partial charge in [-0.15, -0.1) is 11.8 Å². The molecule has 4 heteroatoms. The van der Waals surface area contributed by atoms with Crippen LogP contribution in [0.4, 0.5) is 5.69 Å². The van der Waals surface area contributed by atoms with Crippen molar-refractivity contribution in [2.45, 2.75) is 25.7 Å². The molecule has 2 aromatic rings. The summed E-state index contributed by atoms with van der Waals surface area (Å²) in [6, 6.07) is 15.2. The third-order valence-corrected chi connectivity index (χ3v) is 5.14. The second kappa shape index (κ2) is 7.75. The number of amides is 1. The number of rotatable bonds is 4. The van der Waals surface area contributed by atoms with Crippen molar-refractivity contribution in [1.82, 2.24) is 0 Å². The maximum atomic E-state index is 12.9. The first kappa shape index (κ1) is 18.2. The minimum absolute atomic E-state index is 0.111. The van der Waals surface area contributed by atoms with Crippen molar-refractivity contribution >= 4 is 35.2 Å². The zero-order chi connectivity index (χ0) is 18.7. The van der Waals surface area contributed by atoms with Crippen LogP contribution >= 0.6 is 11.8 Å². The average molecular weight is 363 g/mol. The first-order chi connectivity index (χ1) is 12.5. The van der Waals surface area contributed by atoms with Crippen LogP contribution in [0.2, 0.25) is 0 Å². The van der Waals surface area contributed by atoms with Gasteiger partial charge in [0.15, 0.2) is 0 Å². The monoisotopic (exact) mass is 363 g/mol. The van der Waals surface area contributed by atoms with Crippen LogP contribution in [0.25, 0.3) is 6.08 Å². The number of para-hydroxylation sites is 1. The molecule has 0 radical (unpaired) electrons. The van der Waals surface area contributed by atoms with Crippen LogP contribution in [0, 0.1) is 0 Å². The number of benzene rings is 2. The molecule has 26 heavy (non-hydrogen) atoms. The molecule has 132 valence electrons. The van der Waals surface area contributed by atoms with E-state index in [2.05, 4.69) is 19.9 Å². The molecule has 0 unspecified atom stereocenters. The average Bonchev–Trinajstić information content (AvgIpc) is 2.89. The van der Waals surface area contributed by atoms with Gasteiger partial charge in [0, 0.05) is 23.1 Å². The fraction of sp³-hybridized carbons (Fsp3) is 0.182. The number of fused-ring (bicyclic) bond motifs is 1. The molecule has 0 atom stereocenters. The molecule has 0 aromatic heterocycles. The summed E-state index contributed by atoms with van der Waals surface area (Å²) in [6.45, 7) is 5.64. The maximum absolute atomic E-state index is 12.9. The van der Waals surface area contributed by atoms with Crippen LogP contribution in [-0.4, -0.2) is 17.4 Å². The topological polar surface area (TPSA) is 37.4 Å². The number of hydrogen-bond acceptors (Lipinski definition) is 3. The molecule has 3 nitrogen and oxygen atoms in total. The SMILES string of the molecule is CC(=O)N1/C(=C\c2ccccc2SCC=C(C)C)C(=O)c2ccccc21. The van der Waals surface area contributed by atoms with Crippen molar-refractivity contribution < 1.29 is 9.59 Å². The van der Waals surface area contributed by atoms with Gasteiger partial charge in [0.25, 0.3) is 0 Å². The molecular weight excluding hydrogens is 342 g/mol. The summed E-state index contributed by atoms with van der Waals surface area (Å²) >= 11 is 1.72. The van der Waals surface area contributed by atoms with Crippen molar-refractivity contribution in [2.75, 3.05) is 10.7 Å². The Labute approximate surface area is 158 Å². The number of anilines is 1. The molecule has 3 rings (SSSR count). The van der Waals surface area contributed by atoms with Gasteiger partial charge in [0.2, 0.25) is 11.7 Å². The number of carbonyl (C=O) groups excluding carboxylic acids is 2.